The number of amides is 1. The van der Waals surface area contributed by atoms with Crippen LogP contribution in [-0.4, -0.2) is 30.6 Å². The van der Waals surface area contributed by atoms with E-state index in [0.29, 0.717) is 24.0 Å². The molecule has 1 unspecified atom stereocenters. The van der Waals surface area contributed by atoms with Crippen LogP contribution in [-0.2, 0) is 21.4 Å². The third-order valence-corrected chi connectivity index (χ3v) is 4.78. The van der Waals surface area contributed by atoms with Gasteiger partial charge >= 0.3 is 5.97 Å². The van der Waals surface area contributed by atoms with Gasteiger partial charge in [-0.05, 0) is 36.1 Å². The number of halogens is 1. The lowest BCUT2D eigenvalue weighted by Crippen LogP contribution is -2.46. The monoisotopic (exact) mass is 373 g/mol. The summed E-state index contributed by atoms with van der Waals surface area (Å²) in [5, 5.41) is 12.5. The molecule has 0 heterocycles. The van der Waals surface area contributed by atoms with Crippen LogP contribution in [0, 0.1) is 5.82 Å². The minimum absolute atomic E-state index is 0.00134. The van der Waals surface area contributed by atoms with E-state index in [1.807, 2.05) is 6.07 Å². The van der Waals surface area contributed by atoms with Crippen LogP contribution in [0.25, 0.3) is 0 Å². The van der Waals surface area contributed by atoms with Crippen molar-refractivity contribution >= 4 is 11.9 Å². The molecule has 0 fully saturated rings. The zero-order chi connectivity index (χ0) is 19.9. The lowest BCUT2D eigenvalue weighted by Gasteiger charge is -2.29. The Kier molecular flexibility index (Phi) is 6.93. The lowest BCUT2D eigenvalue weighted by atomic mass is 9.78. The predicted molar refractivity (Wildman–Crippen MR) is 100 cm³/mol. The molecule has 1 atom stereocenters. The average molecular weight is 373 g/mol. The topological polar surface area (TPSA) is 75.6 Å². The van der Waals surface area contributed by atoms with Gasteiger partial charge in [-0.15, -0.1) is 0 Å². The van der Waals surface area contributed by atoms with Crippen LogP contribution in [0.15, 0.2) is 48.5 Å². The van der Waals surface area contributed by atoms with Gasteiger partial charge in [-0.1, -0.05) is 43.3 Å². The maximum atomic E-state index is 13.7. The largest absolute Gasteiger partial charge is 0.494 e. The number of rotatable bonds is 9. The van der Waals surface area contributed by atoms with E-state index in [1.165, 1.54) is 19.2 Å². The molecule has 5 nitrogen and oxygen atoms in total. The van der Waals surface area contributed by atoms with E-state index in [0.717, 1.165) is 0 Å². The number of hydrogen-bond acceptors (Lipinski definition) is 3. The highest BCUT2D eigenvalue weighted by Gasteiger charge is 2.38. The Morgan fingerprint density at radius 3 is 2.44 bits per heavy atom. The number of methoxy groups -OCH3 is 1. The summed E-state index contributed by atoms with van der Waals surface area (Å²) in [6.45, 7) is 1.78. The Bertz CT molecular complexity index is 794. The average Bonchev–Trinajstić information content (AvgIpc) is 2.68. The van der Waals surface area contributed by atoms with Gasteiger partial charge in [-0.25, -0.2) is 4.39 Å². The van der Waals surface area contributed by atoms with E-state index in [-0.39, 0.29) is 24.6 Å². The van der Waals surface area contributed by atoms with Crippen LogP contribution in [0.4, 0.5) is 4.39 Å². The fraction of sp³-hybridized carbons (Fsp3) is 0.333. The molecule has 2 aromatic carbocycles. The van der Waals surface area contributed by atoms with Gasteiger partial charge in [0, 0.05) is 13.0 Å². The second kappa shape index (κ2) is 9.16. The minimum Gasteiger partial charge on any atom is -0.494 e. The smallest absolute Gasteiger partial charge is 0.315 e. The quantitative estimate of drug-likeness (QED) is 0.707. The number of nitrogens with one attached hydrogen (secondary N) is 1. The molecule has 0 aliphatic rings. The summed E-state index contributed by atoms with van der Waals surface area (Å²) in [6, 6.07) is 13.4. The first-order valence-electron chi connectivity index (χ1n) is 8.81. The highest BCUT2D eigenvalue weighted by Crippen LogP contribution is 2.28. The fourth-order valence-corrected chi connectivity index (χ4v) is 3.00. The van der Waals surface area contributed by atoms with Crippen LogP contribution in [0.5, 0.6) is 5.75 Å². The van der Waals surface area contributed by atoms with Gasteiger partial charge in [0.05, 0.1) is 7.11 Å². The second-order valence-corrected chi connectivity index (χ2v) is 6.35. The van der Waals surface area contributed by atoms with Gasteiger partial charge in [0.2, 0.25) is 5.91 Å². The van der Waals surface area contributed by atoms with E-state index in [2.05, 4.69) is 5.32 Å². The number of aliphatic carboxylic acids is 1. The number of benzene rings is 2. The molecule has 2 rings (SSSR count). The van der Waals surface area contributed by atoms with Crippen molar-refractivity contribution in [1.82, 2.24) is 5.32 Å². The predicted octanol–water partition coefficient (Wildman–Crippen LogP) is 3.32. The van der Waals surface area contributed by atoms with Crippen LogP contribution < -0.4 is 10.1 Å². The third kappa shape index (κ3) is 4.84. The Morgan fingerprint density at radius 2 is 1.89 bits per heavy atom. The van der Waals surface area contributed by atoms with Gasteiger partial charge in [-0.3, -0.25) is 9.59 Å². The molecule has 27 heavy (non-hydrogen) atoms. The van der Waals surface area contributed by atoms with E-state index < -0.39 is 17.2 Å². The van der Waals surface area contributed by atoms with Crippen molar-refractivity contribution in [2.45, 2.75) is 31.6 Å². The Hall–Kier alpha value is -2.89. The number of carbonyl (C=O) groups excluding carboxylic acids is 1. The standard InChI is InChI=1S/C21H24FNO4/c1-3-21(20(25)26,16-7-5-4-6-8-16)14-23-19(24)12-10-15-9-11-18(27-2)17(22)13-15/h4-9,11,13H,3,10,12,14H2,1-2H3,(H,23,24)(H,25,26). The van der Waals surface area contributed by atoms with E-state index in [1.54, 1.807) is 37.3 Å². The molecular weight excluding hydrogens is 349 g/mol. The van der Waals surface area contributed by atoms with Crippen molar-refractivity contribution in [1.29, 1.82) is 0 Å². The maximum Gasteiger partial charge on any atom is 0.315 e. The van der Waals surface area contributed by atoms with Gasteiger partial charge in [-0.2, -0.15) is 0 Å². The molecule has 0 aromatic heterocycles. The van der Waals surface area contributed by atoms with Crippen LogP contribution in [0.2, 0.25) is 0 Å². The first-order valence-corrected chi connectivity index (χ1v) is 8.81. The molecule has 1 amide bonds. The van der Waals surface area contributed by atoms with E-state index in [9.17, 15) is 19.1 Å². The summed E-state index contributed by atoms with van der Waals surface area (Å²) < 4.78 is 18.6. The van der Waals surface area contributed by atoms with Gasteiger partial charge in [0.25, 0.3) is 0 Å². The number of carboxylic acids is 1. The normalized spacial score (nSPS) is 12.9. The molecule has 144 valence electrons. The third-order valence-electron chi connectivity index (χ3n) is 4.78. The maximum absolute atomic E-state index is 13.7. The first kappa shape index (κ1) is 20.4. The summed E-state index contributed by atoms with van der Waals surface area (Å²) in [5.74, 6) is -1.58. The summed E-state index contributed by atoms with van der Waals surface area (Å²) in [5.41, 5.74) is 0.146. The van der Waals surface area contributed by atoms with Crippen LogP contribution in [0.1, 0.15) is 30.9 Å². The lowest BCUT2D eigenvalue weighted by molar-refractivity contribution is -0.144. The van der Waals surface area contributed by atoms with Crippen LogP contribution in [0.3, 0.4) is 0 Å². The van der Waals surface area contributed by atoms with Crippen molar-refractivity contribution in [2.24, 2.45) is 0 Å². The number of aryl methyl sites for hydroxylation is 1. The van der Waals surface area contributed by atoms with Gasteiger partial charge in [0.1, 0.15) is 5.41 Å². The SMILES string of the molecule is CCC(CNC(=O)CCc1ccc(OC)c(F)c1)(C(=O)O)c1ccccc1. The molecule has 0 spiro atoms. The van der Waals surface area contributed by atoms with E-state index >= 15 is 0 Å². The Morgan fingerprint density at radius 1 is 1.19 bits per heavy atom. The number of hydrogen-bond donors (Lipinski definition) is 2. The minimum atomic E-state index is -1.18. The van der Waals surface area contributed by atoms with Crippen molar-refractivity contribution in [2.75, 3.05) is 13.7 Å². The molecule has 0 bridgehead atoms. The van der Waals surface area contributed by atoms with Gasteiger partial charge in [0.15, 0.2) is 11.6 Å². The number of carbonyl (C=O) groups is 2. The summed E-state index contributed by atoms with van der Waals surface area (Å²) in [7, 11) is 1.39. The zero-order valence-corrected chi connectivity index (χ0v) is 15.5. The molecule has 0 radical (unpaired) electrons. The molecule has 0 aliphatic heterocycles. The molecule has 6 heteroatoms. The molecule has 0 aliphatic carbocycles. The highest BCUT2D eigenvalue weighted by molar-refractivity contribution is 5.83. The first-order chi connectivity index (χ1) is 12.9. The van der Waals surface area contributed by atoms with E-state index in [4.69, 9.17) is 4.74 Å². The second-order valence-electron chi connectivity index (χ2n) is 6.35. The van der Waals surface area contributed by atoms with Crippen molar-refractivity contribution < 1.29 is 23.8 Å². The molecule has 2 aromatic rings. The zero-order valence-electron chi connectivity index (χ0n) is 15.5. The van der Waals surface area contributed by atoms with Crippen molar-refractivity contribution in [3.63, 3.8) is 0 Å². The molecular formula is C21H24FNO4. The highest BCUT2D eigenvalue weighted by atomic mass is 19.1. The molecule has 0 saturated heterocycles. The fourth-order valence-electron chi connectivity index (χ4n) is 3.00. The summed E-state index contributed by atoms with van der Waals surface area (Å²) in [6.07, 6.45) is 0.834. The van der Waals surface area contributed by atoms with Crippen molar-refractivity contribution in [3.05, 3.63) is 65.5 Å². The molecule has 2 N–H and O–H groups in total. The van der Waals surface area contributed by atoms with Gasteiger partial charge < -0.3 is 15.2 Å². The Balaban J connectivity index is 2.00. The summed E-state index contributed by atoms with van der Waals surface area (Å²) in [4.78, 5) is 24.2. The molecule has 0 saturated carbocycles. The number of carboxylic acid groups (broad SMARTS) is 1. The Labute approximate surface area is 158 Å². The van der Waals surface area contributed by atoms with Crippen molar-refractivity contribution in [3.8, 4) is 5.75 Å². The summed E-state index contributed by atoms with van der Waals surface area (Å²) >= 11 is 0. The van der Waals surface area contributed by atoms with Crippen LogP contribution >= 0.6 is 0 Å². The number of ether oxygens (including phenoxy) is 1.